The molecule has 0 atom stereocenters. The lowest BCUT2D eigenvalue weighted by Gasteiger charge is -2.07. The molecule has 0 aliphatic carbocycles. The molecule has 0 heterocycles. The smallest absolute Gasteiger partial charge is 0.488 e. The molecule has 0 saturated carbocycles. The Kier molecular flexibility index (Phi) is 4.45. The summed E-state index contributed by atoms with van der Waals surface area (Å²) in [6, 6.07) is 12.9. The molecule has 0 amide bonds. The van der Waals surface area contributed by atoms with Gasteiger partial charge in [-0.3, -0.25) is 0 Å². The molecule has 2 aromatic rings. The molecular weight excluding hydrogens is 295 g/mol. The molecule has 0 bridgehead atoms. The van der Waals surface area contributed by atoms with Crippen molar-refractivity contribution in [2.45, 2.75) is 6.61 Å². The minimum atomic E-state index is -5.01. The van der Waals surface area contributed by atoms with Gasteiger partial charge in [0.2, 0.25) is 0 Å². The maximum absolute atomic E-state index is 12.3. The molecule has 2 rings (SSSR count). The van der Waals surface area contributed by atoms with Crippen molar-refractivity contribution in [1.29, 1.82) is 0 Å². The van der Waals surface area contributed by atoms with Crippen LogP contribution in [-0.2, 0) is 17.1 Å². The van der Waals surface area contributed by atoms with E-state index in [9.17, 15) is 12.3 Å². The van der Waals surface area contributed by atoms with E-state index in [4.69, 9.17) is 11.2 Å². The summed E-state index contributed by atoms with van der Waals surface area (Å²) in [5.74, 6) is 2.90. The molecule has 0 saturated heterocycles. The van der Waals surface area contributed by atoms with Crippen LogP contribution < -0.4 is 8.92 Å². The molecule has 4 nitrogen and oxygen atoms in total. The first-order valence-corrected chi connectivity index (χ1v) is 7.19. The van der Waals surface area contributed by atoms with Crippen LogP contribution >= 0.6 is 0 Å². The number of terminal acetylenes is 1. The Morgan fingerprint density at radius 3 is 2.10 bits per heavy atom. The summed E-state index contributed by atoms with van der Waals surface area (Å²) in [4.78, 5) is 0. The molecule has 108 valence electrons. The van der Waals surface area contributed by atoms with Crippen LogP contribution in [-0.4, -0.2) is 8.42 Å². The summed E-state index contributed by atoms with van der Waals surface area (Å²) in [6.07, 6.45) is 5.26. The van der Waals surface area contributed by atoms with Crippen molar-refractivity contribution >= 4 is 10.5 Å². The lowest BCUT2D eigenvalue weighted by molar-refractivity contribution is 0.306. The second-order valence-electron chi connectivity index (χ2n) is 4.08. The Morgan fingerprint density at radius 1 is 1.00 bits per heavy atom. The van der Waals surface area contributed by atoms with Crippen molar-refractivity contribution in [3.63, 3.8) is 0 Å². The highest BCUT2D eigenvalue weighted by atomic mass is 32.3. The van der Waals surface area contributed by atoms with Crippen molar-refractivity contribution in [2.24, 2.45) is 0 Å². The maximum Gasteiger partial charge on any atom is 0.488 e. The van der Waals surface area contributed by atoms with Crippen LogP contribution in [0.4, 0.5) is 3.89 Å². The van der Waals surface area contributed by atoms with E-state index in [1.807, 2.05) is 24.3 Å². The number of ether oxygens (including phenoxy) is 1. The summed E-state index contributed by atoms with van der Waals surface area (Å²) in [7, 11) is -5.01. The van der Waals surface area contributed by atoms with Crippen LogP contribution in [0.15, 0.2) is 48.5 Å². The molecule has 21 heavy (non-hydrogen) atoms. The predicted molar refractivity (Wildman–Crippen MR) is 75.8 cm³/mol. The van der Waals surface area contributed by atoms with Gasteiger partial charge in [0.15, 0.2) is 0 Å². The van der Waals surface area contributed by atoms with Crippen LogP contribution in [0, 0.1) is 12.3 Å². The number of benzene rings is 2. The molecule has 0 radical (unpaired) electrons. The third kappa shape index (κ3) is 4.82. The van der Waals surface area contributed by atoms with Crippen LogP contribution in [0.25, 0.3) is 0 Å². The van der Waals surface area contributed by atoms with Gasteiger partial charge in [-0.15, -0.1) is 6.42 Å². The zero-order chi connectivity index (χ0) is 15.3. The molecule has 0 spiro atoms. The van der Waals surface area contributed by atoms with E-state index in [2.05, 4.69) is 10.1 Å². The van der Waals surface area contributed by atoms with Crippen LogP contribution in [0.3, 0.4) is 0 Å². The van der Waals surface area contributed by atoms with Gasteiger partial charge in [-0.1, -0.05) is 21.9 Å². The molecular formula is C15H11FO4S. The summed E-state index contributed by atoms with van der Waals surface area (Å²) in [6.45, 7) is 0.326. The van der Waals surface area contributed by atoms with Gasteiger partial charge in [-0.05, 0) is 42.0 Å². The van der Waals surface area contributed by atoms with Crippen molar-refractivity contribution in [3.8, 4) is 23.8 Å². The highest BCUT2D eigenvalue weighted by Gasteiger charge is 2.09. The third-order valence-corrected chi connectivity index (χ3v) is 2.94. The molecule has 0 fully saturated rings. The van der Waals surface area contributed by atoms with Gasteiger partial charge in [0.05, 0.1) is 0 Å². The van der Waals surface area contributed by atoms with Crippen molar-refractivity contribution in [1.82, 2.24) is 0 Å². The first-order valence-electron chi connectivity index (χ1n) is 5.89. The minimum absolute atomic E-state index is 0.122. The van der Waals surface area contributed by atoms with Crippen LogP contribution in [0.1, 0.15) is 11.1 Å². The fraction of sp³-hybridized carbons (Fsp3) is 0.0667. The standard InChI is InChI=1S/C15H11FO4S/c1-2-12-3-5-13(6-4-12)11-19-14-7-9-15(10-8-14)20-21(16,17)18/h1,3-10H,11H2. The molecule has 0 aliphatic heterocycles. The Labute approximate surface area is 122 Å². The quantitative estimate of drug-likeness (QED) is 0.629. The van der Waals surface area contributed by atoms with E-state index in [0.717, 1.165) is 11.1 Å². The van der Waals surface area contributed by atoms with Crippen molar-refractivity contribution < 1.29 is 21.2 Å². The first kappa shape index (κ1) is 14.9. The maximum atomic E-state index is 12.3. The molecule has 0 N–H and O–H groups in total. The molecule has 2 aromatic carbocycles. The second kappa shape index (κ2) is 6.29. The summed E-state index contributed by atoms with van der Waals surface area (Å²) in [5, 5.41) is 0. The van der Waals surface area contributed by atoms with Crippen LogP contribution in [0.2, 0.25) is 0 Å². The van der Waals surface area contributed by atoms with E-state index in [-0.39, 0.29) is 5.75 Å². The van der Waals surface area contributed by atoms with Crippen molar-refractivity contribution in [3.05, 3.63) is 59.7 Å². The Bertz CT molecular complexity index is 744. The van der Waals surface area contributed by atoms with Gasteiger partial charge in [0.25, 0.3) is 0 Å². The van der Waals surface area contributed by atoms with Crippen molar-refractivity contribution in [2.75, 3.05) is 0 Å². The Morgan fingerprint density at radius 2 is 1.57 bits per heavy atom. The second-order valence-corrected chi connectivity index (χ2v) is 5.03. The van der Waals surface area contributed by atoms with Crippen LogP contribution in [0.5, 0.6) is 11.5 Å². The topological polar surface area (TPSA) is 52.6 Å². The first-order chi connectivity index (χ1) is 9.96. The van der Waals surface area contributed by atoms with E-state index < -0.39 is 10.5 Å². The monoisotopic (exact) mass is 306 g/mol. The van der Waals surface area contributed by atoms with E-state index >= 15 is 0 Å². The minimum Gasteiger partial charge on any atom is -0.489 e. The molecule has 0 unspecified atom stereocenters. The summed E-state index contributed by atoms with van der Waals surface area (Å²) >= 11 is 0. The SMILES string of the molecule is C#Cc1ccc(COc2ccc(OS(=O)(=O)F)cc2)cc1. The third-order valence-electron chi connectivity index (χ3n) is 2.55. The number of hydrogen-bond donors (Lipinski definition) is 0. The fourth-order valence-electron chi connectivity index (χ4n) is 1.57. The highest BCUT2D eigenvalue weighted by molar-refractivity contribution is 7.81. The van der Waals surface area contributed by atoms with E-state index in [1.54, 1.807) is 0 Å². The lowest BCUT2D eigenvalue weighted by atomic mass is 10.1. The van der Waals surface area contributed by atoms with Gasteiger partial charge < -0.3 is 8.92 Å². The fourth-order valence-corrected chi connectivity index (χ4v) is 1.91. The molecule has 0 aromatic heterocycles. The largest absolute Gasteiger partial charge is 0.489 e. The van der Waals surface area contributed by atoms with E-state index in [1.165, 1.54) is 24.3 Å². The van der Waals surface area contributed by atoms with Gasteiger partial charge in [0.1, 0.15) is 18.1 Å². The number of hydrogen-bond acceptors (Lipinski definition) is 4. The van der Waals surface area contributed by atoms with Gasteiger partial charge in [-0.25, -0.2) is 0 Å². The zero-order valence-corrected chi connectivity index (χ0v) is 11.6. The Hall–Kier alpha value is -2.52. The normalized spacial score (nSPS) is 10.7. The highest BCUT2D eigenvalue weighted by Crippen LogP contribution is 2.20. The Balaban J connectivity index is 1.95. The zero-order valence-electron chi connectivity index (χ0n) is 10.8. The van der Waals surface area contributed by atoms with Gasteiger partial charge >= 0.3 is 10.5 Å². The van der Waals surface area contributed by atoms with E-state index in [0.29, 0.717) is 12.4 Å². The summed E-state index contributed by atoms with van der Waals surface area (Å²) < 4.78 is 42.5. The molecule has 6 heteroatoms. The number of halogens is 1. The average Bonchev–Trinajstić information content (AvgIpc) is 2.45. The van der Waals surface area contributed by atoms with Gasteiger partial charge in [-0.2, -0.15) is 8.42 Å². The van der Waals surface area contributed by atoms with Gasteiger partial charge in [0, 0.05) is 5.56 Å². The average molecular weight is 306 g/mol. The number of rotatable bonds is 5. The predicted octanol–water partition coefficient (Wildman–Crippen LogP) is 2.84. The molecule has 0 aliphatic rings. The lowest BCUT2D eigenvalue weighted by Crippen LogP contribution is -2.01. The summed E-state index contributed by atoms with van der Waals surface area (Å²) in [5.41, 5.74) is 1.72.